The third-order valence-corrected chi connectivity index (χ3v) is 5.04. The zero-order valence-electron chi connectivity index (χ0n) is 19.8. The minimum atomic E-state index is -0.704. The number of rotatable bonds is 17. The van der Waals surface area contributed by atoms with E-state index in [1.807, 2.05) is 27.7 Å². The maximum atomic E-state index is 12.4. The number of ether oxygens (including phenoxy) is 2. The Balaban J connectivity index is 3.81. The van der Waals surface area contributed by atoms with Crippen LogP contribution in [0.1, 0.15) is 118 Å². The number of unbranched alkanes of at least 4 members (excludes halogenated alkanes) is 11. The molecule has 0 saturated carbocycles. The van der Waals surface area contributed by atoms with Crippen molar-refractivity contribution in [2.45, 2.75) is 124 Å². The van der Waals surface area contributed by atoms with Crippen molar-refractivity contribution in [3.63, 3.8) is 0 Å². The minimum Gasteiger partial charge on any atom is -0.464 e. The second-order valence-corrected chi connectivity index (χ2v) is 9.14. The van der Waals surface area contributed by atoms with Crippen LogP contribution in [-0.4, -0.2) is 31.3 Å². The van der Waals surface area contributed by atoms with E-state index < -0.39 is 17.6 Å². The van der Waals surface area contributed by atoms with Crippen LogP contribution >= 0.6 is 0 Å². The summed E-state index contributed by atoms with van der Waals surface area (Å²) in [5.74, 6) is -0.381. The fourth-order valence-electron chi connectivity index (χ4n) is 3.18. The zero-order chi connectivity index (χ0) is 22.0. The Morgan fingerprint density at radius 1 is 0.690 bits per heavy atom. The van der Waals surface area contributed by atoms with Crippen LogP contribution in [0.4, 0.5) is 4.79 Å². The third kappa shape index (κ3) is 16.2. The fourth-order valence-corrected chi connectivity index (χ4v) is 3.18. The molecule has 0 aliphatic rings. The Labute approximate surface area is 179 Å². The molecule has 0 aromatic heterocycles. The number of carbonyl (C=O) groups is 2. The predicted molar refractivity (Wildman–Crippen MR) is 120 cm³/mol. The van der Waals surface area contributed by atoms with Crippen molar-refractivity contribution in [3.05, 3.63) is 0 Å². The first-order valence-corrected chi connectivity index (χ1v) is 11.9. The van der Waals surface area contributed by atoms with E-state index in [1.54, 1.807) is 0 Å². The topological polar surface area (TPSA) is 64.6 Å². The molecule has 1 amide bonds. The zero-order valence-corrected chi connectivity index (χ0v) is 19.8. The van der Waals surface area contributed by atoms with Crippen molar-refractivity contribution in [1.29, 1.82) is 0 Å². The standard InChI is InChI=1S/C24H47NO4/c1-6-8-9-10-11-12-13-14-15-16-17-18-20-28-22(26)21(24(3,4)5)25-23(27)29-19-7-2/h21H,6-20H2,1-5H3,(H,25,27). The maximum Gasteiger partial charge on any atom is 0.407 e. The first kappa shape index (κ1) is 27.7. The van der Waals surface area contributed by atoms with Gasteiger partial charge in [-0.25, -0.2) is 9.59 Å². The normalized spacial score (nSPS) is 12.4. The highest BCUT2D eigenvalue weighted by molar-refractivity contribution is 5.82. The largest absolute Gasteiger partial charge is 0.464 e. The Kier molecular flexibility index (Phi) is 16.8. The minimum absolute atomic E-state index is 0.344. The number of nitrogens with one attached hydrogen (secondary N) is 1. The quantitative estimate of drug-likeness (QED) is 0.211. The van der Waals surface area contributed by atoms with Gasteiger partial charge in [0.15, 0.2) is 0 Å². The van der Waals surface area contributed by atoms with E-state index in [0.717, 1.165) is 19.3 Å². The van der Waals surface area contributed by atoms with Crippen LogP contribution in [0.15, 0.2) is 0 Å². The Bertz CT molecular complexity index is 418. The molecular weight excluding hydrogens is 366 g/mol. The van der Waals surface area contributed by atoms with Gasteiger partial charge in [0.25, 0.3) is 0 Å². The van der Waals surface area contributed by atoms with Gasteiger partial charge in [-0.3, -0.25) is 0 Å². The van der Waals surface area contributed by atoms with E-state index in [2.05, 4.69) is 12.2 Å². The molecule has 0 radical (unpaired) electrons. The van der Waals surface area contributed by atoms with E-state index >= 15 is 0 Å². The van der Waals surface area contributed by atoms with Gasteiger partial charge in [-0.2, -0.15) is 0 Å². The lowest BCUT2D eigenvalue weighted by Crippen LogP contribution is -2.50. The molecular formula is C24H47NO4. The molecule has 0 spiro atoms. The summed E-state index contributed by atoms with van der Waals surface area (Å²) >= 11 is 0. The van der Waals surface area contributed by atoms with Gasteiger partial charge in [-0.15, -0.1) is 0 Å². The smallest absolute Gasteiger partial charge is 0.407 e. The number of hydrogen-bond donors (Lipinski definition) is 1. The maximum absolute atomic E-state index is 12.4. The summed E-state index contributed by atoms with van der Waals surface area (Å²) < 4.78 is 10.5. The number of hydrogen-bond acceptors (Lipinski definition) is 4. The molecule has 172 valence electrons. The van der Waals surface area contributed by atoms with Crippen LogP contribution in [0, 0.1) is 5.41 Å². The molecule has 0 aliphatic carbocycles. The van der Waals surface area contributed by atoms with Gasteiger partial charge in [0.05, 0.1) is 13.2 Å². The van der Waals surface area contributed by atoms with Crippen molar-refractivity contribution in [2.75, 3.05) is 13.2 Å². The van der Waals surface area contributed by atoms with Crippen LogP contribution in [0.5, 0.6) is 0 Å². The van der Waals surface area contributed by atoms with E-state index in [4.69, 9.17) is 9.47 Å². The molecule has 1 unspecified atom stereocenters. The molecule has 0 bridgehead atoms. The summed E-state index contributed by atoms with van der Waals surface area (Å²) in [6.07, 6.45) is 15.5. The molecule has 0 rings (SSSR count). The van der Waals surface area contributed by atoms with Gasteiger partial charge in [0, 0.05) is 0 Å². The third-order valence-electron chi connectivity index (χ3n) is 5.04. The van der Waals surface area contributed by atoms with E-state index in [9.17, 15) is 9.59 Å². The first-order chi connectivity index (χ1) is 13.8. The highest BCUT2D eigenvalue weighted by atomic mass is 16.6. The van der Waals surface area contributed by atoms with Crippen LogP contribution in [-0.2, 0) is 14.3 Å². The van der Waals surface area contributed by atoms with Crippen LogP contribution < -0.4 is 5.32 Å². The summed E-state index contributed by atoms with van der Waals surface area (Å²) in [6, 6.07) is -0.704. The monoisotopic (exact) mass is 413 g/mol. The number of alkyl carbamates (subject to hydrolysis) is 1. The molecule has 1 N–H and O–H groups in total. The highest BCUT2D eigenvalue weighted by Crippen LogP contribution is 2.21. The van der Waals surface area contributed by atoms with E-state index in [1.165, 1.54) is 64.2 Å². The van der Waals surface area contributed by atoms with Gasteiger partial charge >= 0.3 is 12.1 Å². The number of carbonyl (C=O) groups excluding carboxylic acids is 2. The predicted octanol–water partition coefficient (Wildman–Crippen LogP) is 6.78. The molecule has 1 atom stereocenters. The second-order valence-electron chi connectivity index (χ2n) is 9.14. The molecule has 0 aliphatic heterocycles. The first-order valence-electron chi connectivity index (χ1n) is 11.9. The molecule has 29 heavy (non-hydrogen) atoms. The molecule has 5 nitrogen and oxygen atoms in total. The molecule has 0 heterocycles. The average Bonchev–Trinajstić information content (AvgIpc) is 2.67. The SMILES string of the molecule is CCCCCCCCCCCCCCOC(=O)C(NC(=O)OCCC)C(C)(C)C. The van der Waals surface area contributed by atoms with Crippen molar-refractivity contribution in [2.24, 2.45) is 5.41 Å². The Morgan fingerprint density at radius 3 is 1.62 bits per heavy atom. The van der Waals surface area contributed by atoms with Crippen molar-refractivity contribution >= 4 is 12.1 Å². The summed E-state index contributed by atoms with van der Waals surface area (Å²) in [5.41, 5.74) is -0.432. The Morgan fingerprint density at radius 2 is 1.17 bits per heavy atom. The molecule has 0 fully saturated rings. The molecule has 0 aromatic rings. The summed E-state index contributed by atoms with van der Waals surface area (Å²) in [4.78, 5) is 24.2. The molecule has 0 saturated heterocycles. The summed E-state index contributed by atoms with van der Waals surface area (Å²) in [5, 5.41) is 2.65. The van der Waals surface area contributed by atoms with Crippen molar-refractivity contribution in [1.82, 2.24) is 5.32 Å². The lowest BCUT2D eigenvalue weighted by molar-refractivity contribution is -0.149. The van der Waals surface area contributed by atoms with Crippen LogP contribution in [0.3, 0.4) is 0 Å². The van der Waals surface area contributed by atoms with Gasteiger partial charge in [0.2, 0.25) is 0 Å². The van der Waals surface area contributed by atoms with Gasteiger partial charge in [-0.1, -0.05) is 105 Å². The molecule has 0 aromatic carbocycles. The second kappa shape index (κ2) is 17.6. The Hall–Kier alpha value is -1.26. The highest BCUT2D eigenvalue weighted by Gasteiger charge is 2.34. The average molecular weight is 414 g/mol. The lowest BCUT2D eigenvalue weighted by atomic mass is 9.87. The van der Waals surface area contributed by atoms with Gasteiger partial charge < -0.3 is 14.8 Å². The number of amides is 1. The summed E-state index contributed by atoms with van der Waals surface area (Å²) in [7, 11) is 0. The van der Waals surface area contributed by atoms with E-state index in [0.29, 0.717) is 13.2 Å². The summed E-state index contributed by atoms with van der Waals surface area (Å²) in [6.45, 7) is 10.7. The van der Waals surface area contributed by atoms with Gasteiger partial charge in [0.1, 0.15) is 6.04 Å². The van der Waals surface area contributed by atoms with Crippen molar-refractivity contribution in [3.8, 4) is 0 Å². The van der Waals surface area contributed by atoms with Gasteiger partial charge in [-0.05, 0) is 18.3 Å². The van der Waals surface area contributed by atoms with Crippen molar-refractivity contribution < 1.29 is 19.1 Å². The molecule has 5 heteroatoms. The van der Waals surface area contributed by atoms with Crippen LogP contribution in [0.2, 0.25) is 0 Å². The number of esters is 1. The van der Waals surface area contributed by atoms with Crippen LogP contribution in [0.25, 0.3) is 0 Å². The fraction of sp³-hybridized carbons (Fsp3) is 0.917. The van der Waals surface area contributed by atoms with E-state index in [-0.39, 0.29) is 5.97 Å². The lowest BCUT2D eigenvalue weighted by Gasteiger charge is -2.29.